The van der Waals surface area contributed by atoms with E-state index in [0.29, 0.717) is 0 Å². The molecule has 0 unspecified atom stereocenters. The normalized spacial score (nSPS) is 12.0. The lowest BCUT2D eigenvalue weighted by atomic mass is 9.94. The molecule has 4 aromatic carbocycles. The summed E-state index contributed by atoms with van der Waals surface area (Å²) in [6, 6.07) is 18.7. The summed E-state index contributed by atoms with van der Waals surface area (Å²) in [5.41, 5.74) is 1.86. The van der Waals surface area contributed by atoms with Crippen LogP contribution in [0.3, 0.4) is 0 Å². The van der Waals surface area contributed by atoms with Gasteiger partial charge in [-0.1, -0.05) is 36.4 Å². The van der Waals surface area contributed by atoms with Crippen molar-refractivity contribution in [2.45, 2.75) is 0 Å². The fourth-order valence-electron chi connectivity index (χ4n) is 3.49. The SMILES string of the molecule is COc1ccc2oc3cccc4c5ccccc5c1c2c34. The third kappa shape index (κ3) is 1.23. The molecule has 1 heterocycles. The fourth-order valence-corrected chi connectivity index (χ4v) is 3.49. The van der Waals surface area contributed by atoms with Crippen molar-refractivity contribution in [2.75, 3.05) is 7.11 Å². The molecule has 21 heavy (non-hydrogen) atoms. The van der Waals surface area contributed by atoms with E-state index in [1.54, 1.807) is 7.11 Å². The van der Waals surface area contributed by atoms with Crippen molar-refractivity contribution in [1.29, 1.82) is 0 Å². The lowest BCUT2D eigenvalue weighted by Crippen LogP contribution is -1.87. The molecule has 100 valence electrons. The first kappa shape index (κ1) is 11.0. The van der Waals surface area contributed by atoms with Crippen LogP contribution in [0.2, 0.25) is 0 Å². The highest BCUT2D eigenvalue weighted by Crippen LogP contribution is 2.45. The summed E-state index contributed by atoms with van der Waals surface area (Å²) < 4.78 is 11.6. The average molecular weight is 272 g/mol. The Balaban J connectivity index is 2.29. The van der Waals surface area contributed by atoms with Crippen LogP contribution in [0, 0.1) is 0 Å². The smallest absolute Gasteiger partial charge is 0.136 e. The van der Waals surface area contributed by atoms with Crippen LogP contribution in [0.5, 0.6) is 5.75 Å². The summed E-state index contributed by atoms with van der Waals surface area (Å²) in [6.07, 6.45) is 0. The molecule has 0 atom stereocenters. The molecule has 0 amide bonds. The second-order valence-electron chi connectivity index (χ2n) is 5.34. The Morgan fingerprint density at radius 1 is 0.667 bits per heavy atom. The van der Waals surface area contributed by atoms with E-state index in [1.165, 1.54) is 26.9 Å². The van der Waals surface area contributed by atoms with Gasteiger partial charge in [-0.3, -0.25) is 0 Å². The van der Waals surface area contributed by atoms with Gasteiger partial charge in [-0.2, -0.15) is 0 Å². The van der Waals surface area contributed by atoms with Gasteiger partial charge in [-0.25, -0.2) is 0 Å². The van der Waals surface area contributed by atoms with Crippen molar-refractivity contribution in [1.82, 2.24) is 0 Å². The second kappa shape index (κ2) is 3.67. The maximum absolute atomic E-state index is 6.03. The van der Waals surface area contributed by atoms with Gasteiger partial charge in [0.2, 0.25) is 0 Å². The van der Waals surface area contributed by atoms with Crippen molar-refractivity contribution in [3.05, 3.63) is 54.6 Å². The minimum atomic E-state index is 0.896. The Hall–Kier alpha value is -2.74. The molecule has 2 nitrogen and oxygen atoms in total. The molecule has 0 N–H and O–H groups in total. The summed E-state index contributed by atoms with van der Waals surface area (Å²) in [7, 11) is 1.72. The summed E-state index contributed by atoms with van der Waals surface area (Å²) >= 11 is 0. The van der Waals surface area contributed by atoms with Crippen LogP contribution in [-0.4, -0.2) is 7.11 Å². The largest absolute Gasteiger partial charge is 0.496 e. The van der Waals surface area contributed by atoms with E-state index in [0.717, 1.165) is 22.3 Å². The molecule has 0 spiro atoms. The van der Waals surface area contributed by atoms with Gasteiger partial charge in [-0.05, 0) is 34.4 Å². The van der Waals surface area contributed by atoms with Crippen LogP contribution in [0.25, 0.3) is 43.5 Å². The van der Waals surface area contributed by atoms with Gasteiger partial charge < -0.3 is 9.15 Å². The van der Waals surface area contributed by atoms with E-state index in [-0.39, 0.29) is 0 Å². The zero-order valence-electron chi connectivity index (χ0n) is 11.5. The van der Waals surface area contributed by atoms with Crippen molar-refractivity contribution in [3.8, 4) is 5.75 Å². The number of hydrogen-bond acceptors (Lipinski definition) is 2. The number of hydrogen-bond donors (Lipinski definition) is 0. The van der Waals surface area contributed by atoms with E-state index in [1.807, 2.05) is 18.2 Å². The molecule has 0 bridgehead atoms. The van der Waals surface area contributed by atoms with Crippen molar-refractivity contribution >= 4 is 43.5 Å². The lowest BCUT2D eigenvalue weighted by Gasteiger charge is -2.10. The second-order valence-corrected chi connectivity index (χ2v) is 5.34. The Morgan fingerprint density at radius 3 is 2.24 bits per heavy atom. The molecule has 5 rings (SSSR count). The molecule has 0 saturated carbocycles. The molecule has 0 aliphatic heterocycles. The number of ether oxygens (including phenoxy) is 1. The van der Waals surface area contributed by atoms with Gasteiger partial charge in [-0.15, -0.1) is 0 Å². The van der Waals surface area contributed by atoms with Crippen molar-refractivity contribution in [2.24, 2.45) is 0 Å². The Labute approximate surface area is 120 Å². The number of rotatable bonds is 1. The van der Waals surface area contributed by atoms with Gasteiger partial charge in [0.05, 0.1) is 7.11 Å². The van der Waals surface area contributed by atoms with Crippen molar-refractivity contribution in [3.63, 3.8) is 0 Å². The quantitative estimate of drug-likeness (QED) is 0.384. The maximum atomic E-state index is 6.03. The van der Waals surface area contributed by atoms with Crippen LogP contribution in [0.4, 0.5) is 0 Å². The van der Waals surface area contributed by atoms with Crippen molar-refractivity contribution < 1.29 is 9.15 Å². The zero-order chi connectivity index (χ0) is 14.0. The average Bonchev–Trinajstić information content (AvgIpc) is 2.92. The highest BCUT2D eigenvalue weighted by molar-refractivity contribution is 6.34. The van der Waals surface area contributed by atoms with Crippen LogP contribution in [-0.2, 0) is 0 Å². The Kier molecular flexibility index (Phi) is 1.92. The van der Waals surface area contributed by atoms with Gasteiger partial charge in [0.1, 0.15) is 16.9 Å². The number of fused-ring (bicyclic) bond motifs is 3. The van der Waals surface area contributed by atoms with Crippen LogP contribution in [0.15, 0.2) is 59.0 Å². The maximum Gasteiger partial charge on any atom is 0.136 e. The lowest BCUT2D eigenvalue weighted by molar-refractivity contribution is 0.420. The third-order valence-corrected chi connectivity index (χ3v) is 4.33. The first-order chi connectivity index (χ1) is 10.4. The Bertz CT molecular complexity index is 1120. The van der Waals surface area contributed by atoms with Gasteiger partial charge in [0.15, 0.2) is 0 Å². The van der Waals surface area contributed by atoms with E-state index in [2.05, 4.69) is 36.4 Å². The van der Waals surface area contributed by atoms with Crippen LogP contribution in [0.1, 0.15) is 0 Å². The molecule has 0 aliphatic rings. The Morgan fingerprint density at radius 2 is 1.38 bits per heavy atom. The first-order valence-corrected chi connectivity index (χ1v) is 7.00. The minimum absolute atomic E-state index is 0.896. The molecule has 0 radical (unpaired) electrons. The molecule has 0 saturated heterocycles. The van der Waals surface area contributed by atoms with Gasteiger partial charge >= 0.3 is 0 Å². The van der Waals surface area contributed by atoms with E-state index in [4.69, 9.17) is 9.15 Å². The molecule has 0 fully saturated rings. The minimum Gasteiger partial charge on any atom is -0.496 e. The molecule has 2 heteroatoms. The number of furan rings is 1. The van der Waals surface area contributed by atoms with E-state index < -0.39 is 0 Å². The topological polar surface area (TPSA) is 22.4 Å². The monoisotopic (exact) mass is 272 g/mol. The highest BCUT2D eigenvalue weighted by atomic mass is 16.5. The van der Waals surface area contributed by atoms with E-state index >= 15 is 0 Å². The number of benzene rings is 4. The standard InChI is InChI=1S/C19H12O2/c1-20-14-9-10-16-19-17(14)12-6-3-2-5-11(12)13-7-4-8-15(21-16)18(13)19/h2-10H,1H3. The molecule has 5 aromatic rings. The van der Waals surface area contributed by atoms with Gasteiger partial charge in [0, 0.05) is 16.2 Å². The summed E-state index contributed by atoms with van der Waals surface area (Å²) in [5, 5.41) is 7.19. The summed E-state index contributed by atoms with van der Waals surface area (Å²) in [4.78, 5) is 0. The molecular formula is C19H12O2. The predicted molar refractivity (Wildman–Crippen MR) is 86.5 cm³/mol. The molecule has 1 aromatic heterocycles. The fraction of sp³-hybridized carbons (Fsp3) is 0.0526. The van der Waals surface area contributed by atoms with E-state index in [9.17, 15) is 0 Å². The third-order valence-electron chi connectivity index (χ3n) is 4.33. The summed E-state index contributed by atoms with van der Waals surface area (Å²) in [5.74, 6) is 0.896. The molecule has 0 aliphatic carbocycles. The zero-order valence-corrected chi connectivity index (χ0v) is 11.5. The highest BCUT2D eigenvalue weighted by Gasteiger charge is 2.18. The van der Waals surface area contributed by atoms with Crippen LogP contribution >= 0.6 is 0 Å². The first-order valence-electron chi connectivity index (χ1n) is 7.00. The van der Waals surface area contributed by atoms with Gasteiger partial charge in [0.25, 0.3) is 0 Å². The predicted octanol–water partition coefficient (Wildman–Crippen LogP) is 5.34. The number of methoxy groups -OCH3 is 1. The van der Waals surface area contributed by atoms with Crippen LogP contribution < -0.4 is 4.74 Å². The molecular weight excluding hydrogens is 260 g/mol. The summed E-state index contributed by atoms with van der Waals surface area (Å²) in [6.45, 7) is 0.